The zero-order valence-electron chi connectivity index (χ0n) is 18.3. The first-order valence-electron chi connectivity index (χ1n) is 11.0. The van der Waals surface area contributed by atoms with Crippen LogP contribution in [0.25, 0.3) is 11.1 Å². The van der Waals surface area contributed by atoms with Gasteiger partial charge in [-0.3, -0.25) is 14.8 Å². The molecule has 1 aliphatic heterocycles. The molecule has 176 valence electrons. The van der Waals surface area contributed by atoms with Crippen LogP contribution in [0.2, 0.25) is 0 Å². The molecule has 0 radical (unpaired) electrons. The number of aromatic nitrogens is 1. The number of nitrogens with zero attached hydrogens (tertiary/aromatic N) is 2. The Kier molecular flexibility index (Phi) is 6.76. The molecule has 2 heterocycles. The smallest absolute Gasteiger partial charge is 0.417 e. The van der Waals surface area contributed by atoms with Crippen LogP contribution in [0.15, 0.2) is 51.7 Å². The Bertz CT molecular complexity index is 1170. The lowest BCUT2D eigenvalue weighted by molar-refractivity contribution is 0.0912. The summed E-state index contributed by atoms with van der Waals surface area (Å²) in [5.74, 6) is -0.238. The average Bonchev–Trinajstić information content (AvgIpc) is 3.34. The number of cyclic esters (lactones) is 1. The number of hydrogen-bond acceptors (Lipinski definition) is 5. The van der Waals surface area contributed by atoms with Gasteiger partial charge in [-0.05, 0) is 68.5 Å². The molecule has 2 aromatic carbocycles. The van der Waals surface area contributed by atoms with Gasteiger partial charge < -0.3 is 9.15 Å². The van der Waals surface area contributed by atoms with E-state index in [0.717, 1.165) is 25.7 Å². The molecule has 2 aliphatic rings. The number of benzene rings is 2. The van der Waals surface area contributed by atoms with Crippen LogP contribution < -0.4 is 10.7 Å². The van der Waals surface area contributed by atoms with Crippen molar-refractivity contribution in [3.8, 4) is 0 Å². The molecule has 1 N–H and O–H groups in total. The molecule has 0 spiro atoms. The van der Waals surface area contributed by atoms with Gasteiger partial charge in [-0.2, -0.15) is 0 Å². The summed E-state index contributed by atoms with van der Waals surface area (Å²) in [7, 11) is 2.08. The third kappa shape index (κ3) is 4.91. The lowest BCUT2D eigenvalue weighted by atomic mass is 9.81. The van der Waals surface area contributed by atoms with Crippen molar-refractivity contribution in [2.24, 2.45) is 0 Å². The van der Waals surface area contributed by atoms with Crippen molar-refractivity contribution in [3.63, 3.8) is 0 Å². The van der Waals surface area contributed by atoms with Gasteiger partial charge in [0.2, 0.25) is 0 Å². The van der Waals surface area contributed by atoms with E-state index in [-0.39, 0.29) is 30.4 Å². The summed E-state index contributed by atoms with van der Waals surface area (Å²) in [6.45, 7) is 1.11. The predicted octanol–water partition coefficient (Wildman–Crippen LogP) is 4.67. The number of anilines is 1. The highest BCUT2D eigenvalue weighted by atomic mass is 35.5. The second kappa shape index (κ2) is 9.57. The minimum Gasteiger partial charge on any atom is -0.443 e. The zero-order valence-corrected chi connectivity index (χ0v) is 19.1. The number of rotatable bonds is 5. The summed E-state index contributed by atoms with van der Waals surface area (Å²) < 4.78 is 23.9. The number of fused-ring (bicyclic) bond motifs is 1. The van der Waals surface area contributed by atoms with Crippen molar-refractivity contribution < 1.29 is 18.3 Å². The molecule has 3 aromatic rings. The van der Waals surface area contributed by atoms with Crippen LogP contribution in [-0.2, 0) is 4.74 Å². The first-order chi connectivity index (χ1) is 15.5. The Morgan fingerprint density at radius 3 is 2.55 bits per heavy atom. The highest BCUT2D eigenvalue weighted by Gasteiger charge is 2.35. The van der Waals surface area contributed by atoms with Gasteiger partial charge in [-0.1, -0.05) is 12.1 Å². The van der Waals surface area contributed by atoms with Crippen molar-refractivity contribution in [2.45, 2.75) is 43.7 Å². The second-order valence-electron chi connectivity index (χ2n) is 8.81. The van der Waals surface area contributed by atoms with E-state index in [4.69, 9.17) is 9.15 Å². The predicted molar refractivity (Wildman–Crippen MR) is 126 cm³/mol. The van der Waals surface area contributed by atoms with E-state index in [1.54, 1.807) is 23.1 Å². The Hall–Kier alpha value is -2.84. The number of carbonyl (C=O) groups excluding carboxylic acids is 1. The lowest BCUT2D eigenvalue weighted by Gasteiger charge is -2.35. The van der Waals surface area contributed by atoms with Gasteiger partial charge in [0.15, 0.2) is 5.58 Å². The molecular weight excluding hydrogens is 449 g/mol. The average molecular weight is 476 g/mol. The number of ether oxygens (including phenoxy) is 1. The SMILES string of the molecule is CN(CC1CN(c2ccc3[nH]c(=O)oc3c2)C(=O)O1)C1CCC(c2ccc(F)cc2)CC1.Cl. The number of carbonyl (C=O) groups is 1. The fraction of sp³-hybridized carbons (Fsp3) is 0.417. The van der Waals surface area contributed by atoms with Crippen molar-refractivity contribution in [1.82, 2.24) is 9.88 Å². The van der Waals surface area contributed by atoms with Crippen molar-refractivity contribution in [3.05, 3.63) is 64.4 Å². The van der Waals surface area contributed by atoms with E-state index in [1.165, 1.54) is 17.7 Å². The largest absolute Gasteiger partial charge is 0.443 e. The van der Waals surface area contributed by atoms with E-state index < -0.39 is 5.76 Å². The van der Waals surface area contributed by atoms with Crippen LogP contribution in [0.3, 0.4) is 0 Å². The Labute approximate surface area is 196 Å². The molecule has 1 amide bonds. The third-order valence-corrected chi connectivity index (χ3v) is 6.74. The van der Waals surface area contributed by atoms with E-state index in [9.17, 15) is 14.0 Å². The zero-order chi connectivity index (χ0) is 22.2. The van der Waals surface area contributed by atoms with Crippen LogP contribution in [0.5, 0.6) is 0 Å². The van der Waals surface area contributed by atoms with Gasteiger partial charge in [0.1, 0.15) is 11.9 Å². The van der Waals surface area contributed by atoms with Crippen LogP contribution in [-0.4, -0.2) is 48.3 Å². The maximum Gasteiger partial charge on any atom is 0.417 e. The summed E-state index contributed by atoms with van der Waals surface area (Å²) in [4.78, 5) is 30.3. The van der Waals surface area contributed by atoms with Crippen LogP contribution >= 0.6 is 12.4 Å². The van der Waals surface area contributed by atoms with Gasteiger partial charge in [0.05, 0.1) is 17.7 Å². The molecule has 7 nitrogen and oxygen atoms in total. The van der Waals surface area contributed by atoms with Gasteiger partial charge in [0.25, 0.3) is 0 Å². The number of nitrogens with one attached hydrogen (secondary N) is 1. The van der Waals surface area contributed by atoms with Gasteiger partial charge >= 0.3 is 11.8 Å². The van der Waals surface area contributed by atoms with Crippen molar-refractivity contribution in [1.29, 1.82) is 0 Å². The lowest BCUT2D eigenvalue weighted by Crippen LogP contribution is -2.40. The second-order valence-corrected chi connectivity index (χ2v) is 8.81. The van der Waals surface area contributed by atoms with E-state index in [2.05, 4.69) is 16.9 Å². The summed E-state index contributed by atoms with van der Waals surface area (Å²) in [5.41, 5.74) is 2.87. The molecule has 0 bridgehead atoms. The number of halogens is 2. The fourth-order valence-electron chi connectivity index (χ4n) is 4.98. The molecule has 33 heavy (non-hydrogen) atoms. The first-order valence-corrected chi connectivity index (χ1v) is 11.0. The molecule has 5 rings (SSSR count). The minimum atomic E-state index is -0.519. The highest BCUT2D eigenvalue weighted by Crippen LogP contribution is 2.35. The molecule has 2 fully saturated rings. The maximum atomic E-state index is 13.2. The quantitative estimate of drug-likeness (QED) is 0.580. The minimum absolute atomic E-state index is 0. The van der Waals surface area contributed by atoms with Gasteiger partial charge in [-0.25, -0.2) is 14.0 Å². The highest BCUT2D eigenvalue weighted by molar-refractivity contribution is 5.92. The molecule has 1 atom stereocenters. The number of H-pyrrole nitrogens is 1. The molecule has 1 unspecified atom stereocenters. The first kappa shape index (κ1) is 23.3. The normalized spacial score (nSPS) is 23.1. The maximum absolute atomic E-state index is 13.2. The molecule has 1 aromatic heterocycles. The monoisotopic (exact) mass is 475 g/mol. The van der Waals surface area contributed by atoms with Gasteiger partial charge in [-0.15, -0.1) is 12.4 Å². The Morgan fingerprint density at radius 2 is 1.82 bits per heavy atom. The summed E-state index contributed by atoms with van der Waals surface area (Å²) >= 11 is 0. The number of hydrogen-bond donors (Lipinski definition) is 1. The van der Waals surface area contributed by atoms with Crippen molar-refractivity contribution >= 4 is 35.3 Å². The van der Waals surface area contributed by atoms with Crippen LogP contribution in [0.1, 0.15) is 37.2 Å². The van der Waals surface area contributed by atoms with Crippen LogP contribution in [0.4, 0.5) is 14.9 Å². The van der Waals surface area contributed by atoms with E-state index in [0.29, 0.717) is 41.8 Å². The van der Waals surface area contributed by atoms with E-state index >= 15 is 0 Å². The molecular formula is C24H27ClFN3O4. The Balaban J connectivity index is 0.00000259. The standard InChI is InChI=1S/C24H26FN3O4.ClH/c1-27(18-8-4-16(5-9-18)15-2-6-17(25)7-3-15)13-20-14-28(24(30)31-20)19-10-11-21-22(12-19)32-23(29)26-21;/h2-3,6-7,10-12,16,18,20H,4-5,8-9,13-14H2,1H3,(H,26,29);1H. The van der Waals surface area contributed by atoms with Crippen molar-refractivity contribution in [2.75, 3.05) is 25.0 Å². The third-order valence-electron chi connectivity index (χ3n) is 6.74. The molecule has 1 saturated carbocycles. The summed E-state index contributed by atoms with van der Waals surface area (Å²) in [6, 6.07) is 12.5. The summed E-state index contributed by atoms with van der Waals surface area (Å²) in [5, 5.41) is 0. The number of oxazole rings is 1. The number of amides is 1. The van der Waals surface area contributed by atoms with E-state index in [1.807, 2.05) is 12.1 Å². The molecule has 1 saturated heterocycles. The molecule has 1 aliphatic carbocycles. The number of aromatic amines is 1. The van der Waals surface area contributed by atoms with Crippen LogP contribution in [0, 0.1) is 5.82 Å². The summed E-state index contributed by atoms with van der Waals surface area (Å²) in [6.07, 6.45) is 3.65. The molecule has 9 heteroatoms. The Morgan fingerprint density at radius 1 is 1.09 bits per heavy atom. The topological polar surface area (TPSA) is 78.8 Å². The number of likely N-dealkylation sites (N-methyl/N-ethyl adjacent to an activating group) is 1. The fourth-order valence-corrected chi connectivity index (χ4v) is 4.98. The van der Waals surface area contributed by atoms with Gasteiger partial charge in [0, 0.05) is 18.7 Å².